The van der Waals surface area contributed by atoms with Gasteiger partial charge in [0.1, 0.15) is 0 Å². The lowest BCUT2D eigenvalue weighted by molar-refractivity contribution is 0.0736. The number of amides is 2. The molecule has 0 saturated carbocycles. The molecular weight excluding hydrogens is 502 g/mol. The Balaban J connectivity index is 1.41. The predicted octanol–water partition coefficient (Wildman–Crippen LogP) is 1.70. The van der Waals surface area contributed by atoms with Gasteiger partial charge in [0.25, 0.3) is 17.4 Å². The molecule has 36 heavy (non-hydrogen) atoms. The van der Waals surface area contributed by atoms with E-state index in [9.17, 15) is 14.4 Å². The van der Waals surface area contributed by atoms with Gasteiger partial charge < -0.3 is 21.0 Å². The molecule has 0 aliphatic carbocycles. The van der Waals surface area contributed by atoms with Crippen molar-refractivity contribution in [2.45, 2.75) is 0 Å². The quantitative estimate of drug-likeness (QED) is 0.388. The number of hydrogen-bond acceptors (Lipinski definition) is 8. The summed E-state index contributed by atoms with van der Waals surface area (Å²) in [5.74, 6) is -0.343. The Morgan fingerprint density at radius 1 is 1.08 bits per heavy atom. The fourth-order valence-electron chi connectivity index (χ4n) is 4.01. The number of halogens is 1. The fraction of sp³-hybridized carbons (Fsp3) is 0.208. The zero-order chi connectivity index (χ0) is 25.1. The lowest BCUT2D eigenvalue weighted by Crippen LogP contribution is -2.47. The number of piperazine rings is 1. The van der Waals surface area contributed by atoms with Gasteiger partial charge in [-0.15, -0.1) is 16.9 Å². The van der Waals surface area contributed by atoms with E-state index in [1.54, 1.807) is 64.8 Å². The molecule has 12 heteroatoms. The number of carbonyl (C=O) groups excluding carboxylic acids is 2. The zero-order valence-electron chi connectivity index (χ0n) is 19.2. The van der Waals surface area contributed by atoms with Crippen molar-refractivity contribution in [3.63, 3.8) is 0 Å². The number of benzene rings is 1. The van der Waals surface area contributed by atoms with E-state index >= 15 is 0 Å². The second-order valence-corrected chi connectivity index (χ2v) is 9.92. The van der Waals surface area contributed by atoms with Gasteiger partial charge in [0.05, 0.1) is 32.7 Å². The molecule has 2 aliphatic rings. The summed E-state index contributed by atoms with van der Waals surface area (Å²) in [6.07, 6.45) is 3.45. The summed E-state index contributed by atoms with van der Waals surface area (Å²) >= 11 is 7.13. The van der Waals surface area contributed by atoms with E-state index in [0.29, 0.717) is 44.9 Å². The number of pyridine rings is 1. The van der Waals surface area contributed by atoms with Crippen molar-refractivity contribution in [1.29, 1.82) is 0 Å². The molecule has 0 bridgehead atoms. The molecule has 5 rings (SSSR count). The maximum atomic E-state index is 13.5. The standard InChI is InChI=1S/C24H24ClN7O3S/c25-21-7-6-20(36-21)23(34)27-14-16-15-32(29-28-16)19-5-4-17(31-10-2-1-3-22(31)33)13-18(19)24(35)30-11-8-26-9-12-30/h1-7,10,13,15,26,28-29H,8-9,11-12,14H2,(H,27,34). The van der Waals surface area contributed by atoms with Gasteiger partial charge in [-0.3, -0.25) is 24.0 Å². The highest BCUT2D eigenvalue weighted by molar-refractivity contribution is 7.18. The Labute approximate surface area is 216 Å². The van der Waals surface area contributed by atoms with Crippen LogP contribution in [0.4, 0.5) is 5.69 Å². The van der Waals surface area contributed by atoms with Crippen LogP contribution in [0.25, 0.3) is 5.69 Å². The Morgan fingerprint density at radius 2 is 1.92 bits per heavy atom. The highest BCUT2D eigenvalue weighted by Crippen LogP contribution is 2.26. The third-order valence-corrected chi connectivity index (χ3v) is 7.06. The van der Waals surface area contributed by atoms with Crippen molar-refractivity contribution in [3.05, 3.63) is 91.8 Å². The highest BCUT2D eigenvalue weighted by atomic mass is 35.5. The van der Waals surface area contributed by atoms with Crippen LogP contribution < -0.4 is 32.2 Å². The molecule has 3 aromatic rings. The van der Waals surface area contributed by atoms with Crippen LogP contribution in [-0.4, -0.2) is 54.0 Å². The Hall–Kier alpha value is -3.64. The van der Waals surface area contributed by atoms with E-state index in [4.69, 9.17) is 11.6 Å². The lowest BCUT2D eigenvalue weighted by atomic mass is 10.1. The Morgan fingerprint density at radius 3 is 2.67 bits per heavy atom. The third kappa shape index (κ3) is 5.14. The topological polar surface area (TPSA) is 111 Å². The van der Waals surface area contributed by atoms with Gasteiger partial charge in [-0.05, 0) is 36.4 Å². The summed E-state index contributed by atoms with van der Waals surface area (Å²) in [5.41, 5.74) is 8.24. The minimum Gasteiger partial charge on any atom is -0.346 e. The first-order valence-electron chi connectivity index (χ1n) is 11.4. The smallest absolute Gasteiger partial charge is 0.261 e. The van der Waals surface area contributed by atoms with Crippen LogP contribution >= 0.6 is 22.9 Å². The van der Waals surface area contributed by atoms with Crippen LogP contribution in [0.3, 0.4) is 0 Å². The van der Waals surface area contributed by atoms with Crippen molar-refractivity contribution in [2.75, 3.05) is 37.7 Å². The Kier molecular flexibility index (Phi) is 7.05. The summed E-state index contributed by atoms with van der Waals surface area (Å²) in [6, 6.07) is 13.6. The largest absolute Gasteiger partial charge is 0.346 e. The Bertz CT molecular complexity index is 1380. The maximum absolute atomic E-state index is 13.5. The second-order valence-electron chi connectivity index (χ2n) is 8.20. The van der Waals surface area contributed by atoms with Gasteiger partial charge in [0, 0.05) is 50.3 Å². The first kappa shape index (κ1) is 24.1. The van der Waals surface area contributed by atoms with Crippen molar-refractivity contribution in [2.24, 2.45) is 0 Å². The number of aromatic nitrogens is 1. The minimum atomic E-state index is -0.222. The van der Waals surface area contributed by atoms with Crippen LogP contribution in [0.1, 0.15) is 20.0 Å². The van der Waals surface area contributed by atoms with Gasteiger partial charge in [-0.25, -0.2) is 0 Å². The number of anilines is 1. The normalized spacial score (nSPS) is 15.4. The monoisotopic (exact) mass is 525 g/mol. The van der Waals surface area contributed by atoms with E-state index < -0.39 is 0 Å². The molecule has 4 heterocycles. The van der Waals surface area contributed by atoms with Gasteiger partial charge in [0.15, 0.2) is 0 Å². The molecule has 1 saturated heterocycles. The predicted molar refractivity (Wildman–Crippen MR) is 139 cm³/mol. The van der Waals surface area contributed by atoms with Crippen molar-refractivity contribution in [3.8, 4) is 5.69 Å². The summed E-state index contributed by atoms with van der Waals surface area (Å²) in [7, 11) is 0. The van der Waals surface area contributed by atoms with Crippen molar-refractivity contribution in [1.82, 2.24) is 31.1 Å². The molecule has 1 aromatic carbocycles. The van der Waals surface area contributed by atoms with E-state index in [-0.39, 0.29) is 23.9 Å². The average molecular weight is 526 g/mol. The number of hydrazine groups is 2. The van der Waals surface area contributed by atoms with Gasteiger partial charge in [-0.1, -0.05) is 17.7 Å². The molecule has 2 aromatic heterocycles. The average Bonchev–Trinajstić information content (AvgIpc) is 3.56. The minimum absolute atomic E-state index is 0.121. The highest BCUT2D eigenvalue weighted by Gasteiger charge is 2.25. The number of nitrogens with zero attached hydrogens (tertiary/aromatic N) is 3. The summed E-state index contributed by atoms with van der Waals surface area (Å²) in [5, 5.41) is 7.79. The first-order chi connectivity index (χ1) is 17.5. The summed E-state index contributed by atoms with van der Waals surface area (Å²) in [6.45, 7) is 2.89. The van der Waals surface area contributed by atoms with Crippen LogP contribution in [0.5, 0.6) is 0 Å². The summed E-state index contributed by atoms with van der Waals surface area (Å²) < 4.78 is 2.05. The van der Waals surface area contributed by atoms with Gasteiger partial charge in [-0.2, -0.15) is 0 Å². The number of thiophene rings is 1. The zero-order valence-corrected chi connectivity index (χ0v) is 20.7. The van der Waals surface area contributed by atoms with Crippen LogP contribution in [0.15, 0.2) is 71.4 Å². The fourth-order valence-corrected chi connectivity index (χ4v) is 4.96. The van der Waals surface area contributed by atoms with Crippen LogP contribution in [-0.2, 0) is 0 Å². The van der Waals surface area contributed by atoms with E-state index in [1.165, 1.54) is 22.0 Å². The molecule has 4 N–H and O–H groups in total. The van der Waals surface area contributed by atoms with E-state index in [2.05, 4.69) is 21.6 Å². The van der Waals surface area contributed by atoms with Crippen LogP contribution in [0.2, 0.25) is 4.34 Å². The number of nitrogens with one attached hydrogen (secondary N) is 4. The molecule has 10 nitrogen and oxygen atoms in total. The second kappa shape index (κ2) is 10.5. The molecule has 0 spiro atoms. The maximum Gasteiger partial charge on any atom is 0.261 e. The molecule has 0 unspecified atom stereocenters. The van der Waals surface area contributed by atoms with Gasteiger partial charge >= 0.3 is 0 Å². The van der Waals surface area contributed by atoms with Gasteiger partial charge in [0.2, 0.25) is 0 Å². The molecule has 0 atom stereocenters. The van der Waals surface area contributed by atoms with Crippen molar-refractivity contribution >= 4 is 40.4 Å². The molecule has 1 fully saturated rings. The molecular formula is C24H24ClN7O3S. The third-order valence-electron chi connectivity index (χ3n) is 5.83. The molecule has 2 aliphatic heterocycles. The van der Waals surface area contributed by atoms with Crippen molar-refractivity contribution < 1.29 is 9.59 Å². The number of rotatable bonds is 6. The molecule has 2 amide bonds. The van der Waals surface area contributed by atoms with Crippen LogP contribution in [0, 0.1) is 0 Å². The number of hydrogen-bond donors (Lipinski definition) is 4. The SMILES string of the molecule is O=C(NCC1=CN(c2ccc(-n3ccccc3=O)cc2C(=O)N2CCNCC2)NN1)c1ccc(Cl)s1. The number of carbonyl (C=O) groups is 2. The van der Waals surface area contributed by atoms with E-state index in [0.717, 1.165) is 13.1 Å². The lowest BCUT2D eigenvalue weighted by Gasteiger charge is -2.29. The molecule has 0 radical (unpaired) electrons. The molecule has 186 valence electrons. The van der Waals surface area contributed by atoms with E-state index in [1.807, 2.05) is 0 Å². The summed E-state index contributed by atoms with van der Waals surface area (Å²) in [4.78, 5) is 40.6. The first-order valence-corrected chi connectivity index (χ1v) is 12.6.